The molecule has 0 radical (unpaired) electrons. The maximum atomic E-state index is 12.7. The number of aromatic nitrogens is 1. The van der Waals surface area contributed by atoms with Crippen molar-refractivity contribution in [1.29, 1.82) is 0 Å². The first-order valence-electron chi connectivity index (χ1n) is 3.85. The third kappa shape index (κ3) is 1.32. The molecule has 2 aromatic rings. The first kappa shape index (κ1) is 8.68. The van der Waals surface area contributed by atoms with Gasteiger partial charge in [0.2, 0.25) is 11.7 Å². The zero-order valence-corrected chi connectivity index (χ0v) is 7.28. The second kappa shape index (κ2) is 3.10. The number of hydrogen-bond acceptors (Lipinski definition) is 4. The predicted octanol–water partition coefficient (Wildman–Crippen LogP) is 1.75. The van der Waals surface area contributed by atoms with Crippen LogP contribution >= 0.6 is 0 Å². The van der Waals surface area contributed by atoms with Gasteiger partial charge in [0.1, 0.15) is 5.52 Å². The van der Waals surface area contributed by atoms with E-state index in [1.165, 1.54) is 19.2 Å². The number of nitrogens with zero attached hydrogens (tertiary/aromatic N) is 1. The summed E-state index contributed by atoms with van der Waals surface area (Å²) in [7, 11) is 1.24. The molecule has 2 heterocycles. The molecule has 0 aromatic carbocycles. The Morgan fingerprint density at radius 3 is 3.07 bits per heavy atom. The molecule has 0 aliphatic heterocycles. The molecule has 2 aromatic heterocycles. The lowest BCUT2D eigenvalue weighted by atomic mass is 10.4. The molecule has 14 heavy (non-hydrogen) atoms. The monoisotopic (exact) mass is 195 g/mol. The van der Waals surface area contributed by atoms with E-state index in [1.807, 2.05) is 0 Å². The van der Waals surface area contributed by atoms with E-state index in [4.69, 9.17) is 4.42 Å². The number of carbonyl (C=O) groups excluding carboxylic acids is 1. The van der Waals surface area contributed by atoms with Crippen molar-refractivity contribution in [2.75, 3.05) is 7.11 Å². The van der Waals surface area contributed by atoms with Crippen LogP contribution in [0.4, 0.5) is 4.39 Å². The van der Waals surface area contributed by atoms with Gasteiger partial charge in [0.15, 0.2) is 5.58 Å². The highest BCUT2D eigenvalue weighted by Gasteiger charge is 2.13. The normalized spacial score (nSPS) is 10.4. The highest BCUT2D eigenvalue weighted by atomic mass is 19.1. The molecule has 0 atom stereocenters. The molecular formula is C9H6FNO3. The van der Waals surface area contributed by atoms with Gasteiger partial charge in [-0.2, -0.15) is 4.39 Å². The van der Waals surface area contributed by atoms with Gasteiger partial charge in [-0.3, -0.25) is 0 Å². The number of pyridine rings is 1. The van der Waals surface area contributed by atoms with Gasteiger partial charge >= 0.3 is 5.97 Å². The van der Waals surface area contributed by atoms with Crippen LogP contribution < -0.4 is 0 Å². The lowest BCUT2D eigenvalue weighted by Crippen LogP contribution is -1.97. The Hall–Kier alpha value is -1.91. The van der Waals surface area contributed by atoms with E-state index in [9.17, 15) is 9.18 Å². The van der Waals surface area contributed by atoms with Gasteiger partial charge in [-0.05, 0) is 12.1 Å². The number of esters is 1. The van der Waals surface area contributed by atoms with Crippen molar-refractivity contribution in [2.24, 2.45) is 0 Å². The summed E-state index contributed by atoms with van der Waals surface area (Å²) in [4.78, 5) is 14.6. The van der Waals surface area contributed by atoms with Crippen molar-refractivity contribution in [3.05, 3.63) is 29.9 Å². The molecule has 0 fully saturated rings. The van der Waals surface area contributed by atoms with Crippen molar-refractivity contribution in [3.63, 3.8) is 0 Å². The lowest BCUT2D eigenvalue weighted by molar-refractivity contribution is 0.0567. The summed E-state index contributed by atoms with van der Waals surface area (Å²) in [6.45, 7) is 0. The Morgan fingerprint density at radius 1 is 1.57 bits per heavy atom. The number of hydrogen-bond donors (Lipinski definition) is 0. The van der Waals surface area contributed by atoms with Crippen LogP contribution in [0.25, 0.3) is 11.1 Å². The van der Waals surface area contributed by atoms with Gasteiger partial charge in [0, 0.05) is 6.07 Å². The fourth-order valence-electron chi connectivity index (χ4n) is 1.10. The summed E-state index contributed by atoms with van der Waals surface area (Å²) in [5.41, 5.74) is 0.650. The smallest absolute Gasteiger partial charge is 0.374 e. The molecule has 0 saturated carbocycles. The first-order valence-corrected chi connectivity index (χ1v) is 3.85. The largest absolute Gasteiger partial charge is 0.463 e. The first-order chi connectivity index (χ1) is 6.70. The summed E-state index contributed by atoms with van der Waals surface area (Å²) in [6.07, 6.45) is 0. The van der Waals surface area contributed by atoms with E-state index in [0.29, 0.717) is 11.1 Å². The number of rotatable bonds is 1. The minimum Gasteiger partial charge on any atom is -0.463 e. The molecule has 0 aliphatic rings. The van der Waals surface area contributed by atoms with Gasteiger partial charge < -0.3 is 9.15 Å². The Balaban J connectivity index is 2.56. The Labute approximate surface area is 78.3 Å². The molecule has 2 rings (SSSR count). The predicted molar refractivity (Wildman–Crippen MR) is 45.3 cm³/mol. The average Bonchev–Trinajstić information content (AvgIpc) is 2.59. The van der Waals surface area contributed by atoms with Crippen LogP contribution in [0.2, 0.25) is 0 Å². The highest BCUT2D eigenvalue weighted by molar-refractivity contribution is 5.91. The van der Waals surface area contributed by atoms with Gasteiger partial charge in [-0.1, -0.05) is 0 Å². The summed E-state index contributed by atoms with van der Waals surface area (Å²) in [5.74, 6) is -1.21. The van der Waals surface area contributed by atoms with Crippen LogP contribution in [0, 0.1) is 5.95 Å². The minimum atomic E-state index is -0.616. The molecule has 5 heteroatoms. The number of furan rings is 1. The fourth-order valence-corrected chi connectivity index (χ4v) is 1.10. The molecule has 0 unspecified atom stereocenters. The van der Waals surface area contributed by atoms with Crippen molar-refractivity contribution >= 4 is 17.1 Å². The zero-order chi connectivity index (χ0) is 10.1. The summed E-state index contributed by atoms with van der Waals surface area (Å²) in [5, 5.41) is 0. The molecule has 0 saturated heterocycles. The second-order valence-electron chi connectivity index (χ2n) is 2.62. The van der Waals surface area contributed by atoms with Crippen molar-refractivity contribution in [3.8, 4) is 0 Å². The van der Waals surface area contributed by atoms with E-state index in [0.717, 1.165) is 6.07 Å². The molecular weight excluding hydrogens is 189 g/mol. The maximum Gasteiger partial charge on any atom is 0.374 e. The van der Waals surface area contributed by atoms with Crippen LogP contribution in [0.15, 0.2) is 22.6 Å². The van der Waals surface area contributed by atoms with E-state index < -0.39 is 11.9 Å². The second-order valence-corrected chi connectivity index (χ2v) is 2.62. The van der Waals surface area contributed by atoms with Crippen LogP contribution in [-0.4, -0.2) is 18.1 Å². The number of ether oxygens (including phenoxy) is 1. The van der Waals surface area contributed by atoms with Gasteiger partial charge in [0.05, 0.1) is 7.11 Å². The van der Waals surface area contributed by atoms with E-state index >= 15 is 0 Å². The van der Waals surface area contributed by atoms with Crippen molar-refractivity contribution in [2.45, 2.75) is 0 Å². The Kier molecular flexibility index (Phi) is 1.92. The van der Waals surface area contributed by atoms with Crippen LogP contribution in [0.1, 0.15) is 10.6 Å². The standard InChI is InChI=1S/C9H6FNO3/c1-13-9(12)7-4-5-6(14-7)2-3-8(10)11-5/h2-4H,1H3. The number of methoxy groups -OCH3 is 1. The lowest BCUT2D eigenvalue weighted by Gasteiger charge is -1.90. The van der Waals surface area contributed by atoms with Gasteiger partial charge in [-0.25, -0.2) is 9.78 Å². The third-order valence-corrected chi connectivity index (χ3v) is 1.73. The summed E-state index contributed by atoms with van der Waals surface area (Å²) < 4.78 is 22.2. The molecule has 0 N–H and O–H groups in total. The number of fused-ring (bicyclic) bond motifs is 1. The molecule has 0 bridgehead atoms. The summed E-state index contributed by atoms with van der Waals surface area (Å²) in [6, 6.07) is 3.90. The van der Waals surface area contributed by atoms with Crippen LogP contribution in [-0.2, 0) is 4.74 Å². The Morgan fingerprint density at radius 2 is 2.36 bits per heavy atom. The number of halogens is 1. The molecule has 4 nitrogen and oxygen atoms in total. The SMILES string of the molecule is COC(=O)c1cc2nc(F)ccc2o1. The van der Waals surface area contributed by atoms with Crippen LogP contribution in [0.5, 0.6) is 0 Å². The summed E-state index contributed by atoms with van der Waals surface area (Å²) >= 11 is 0. The van der Waals surface area contributed by atoms with Gasteiger partial charge in [0.25, 0.3) is 0 Å². The maximum absolute atomic E-state index is 12.7. The van der Waals surface area contributed by atoms with Crippen molar-refractivity contribution < 1.29 is 18.3 Å². The van der Waals surface area contributed by atoms with Crippen LogP contribution in [0.3, 0.4) is 0 Å². The highest BCUT2D eigenvalue weighted by Crippen LogP contribution is 2.17. The van der Waals surface area contributed by atoms with E-state index in [-0.39, 0.29) is 5.76 Å². The van der Waals surface area contributed by atoms with Crippen molar-refractivity contribution in [1.82, 2.24) is 4.98 Å². The van der Waals surface area contributed by atoms with E-state index in [1.54, 1.807) is 0 Å². The van der Waals surface area contributed by atoms with E-state index in [2.05, 4.69) is 9.72 Å². The molecule has 0 amide bonds. The zero-order valence-electron chi connectivity index (χ0n) is 7.28. The molecule has 0 aliphatic carbocycles. The quantitative estimate of drug-likeness (QED) is 0.513. The number of carbonyl (C=O) groups is 1. The Bertz CT molecular complexity index is 492. The van der Waals surface area contributed by atoms with Gasteiger partial charge in [-0.15, -0.1) is 0 Å². The fraction of sp³-hybridized carbons (Fsp3) is 0.111. The average molecular weight is 195 g/mol. The third-order valence-electron chi connectivity index (χ3n) is 1.73. The topological polar surface area (TPSA) is 52.3 Å². The molecule has 0 spiro atoms. The minimum absolute atomic E-state index is 0.0144. The molecule has 72 valence electrons.